The van der Waals surface area contributed by atoms with E-state index in [-0.39, 0.29) is 18.7 Å². The maximum absolute atomic E-state index is 11.9. The molecular formula is C19H24IN3O8. The predicted octanol–water partition coefficient (Wildman–Crippen LogP) is 0.800. The molecule has 170 valence electrons. The van der Waals surface area contributed by atoms with E-state index < -0.39 is 42.4 Å². The number of halogens is 1. The summed E-state index contributed by atoms with van der Waals surface area (Å²) in [5, 5.41) is 33.6. The number of urea groups is 1. The van der Waals surface area contributed by atoms with Crippen LogP contribution in [0.25, 0.3) is 0 Å². The van der Waals surface area contributed by atoms with Crippen molar-refractivity contribution in [1.82, 2.24) is 16.0 Å². The molecule has 6 N–H and O–H groups in total. The van der Waals surface area contributed by atoms with E-state index in [0.29, 0.717) is 19.4 Å². The maximum atomic E-state index is 11.9. The first-order valence-electron chi connectivity index (χ1n) is 9.34. The Kier molecular flexibility index (Phi) is 11.3. The maximum Gasteiger partial charge on any atom is 0.326 e. The van der Waals surface area contributed by atoms with Gasteiger partial charge in [0.1, 0.15) is 12.1 Å². The first-order chi connectivity index (χ1) is 14.6. The molecule has 31 heavy (non-hydrogen) atoms. The van der Waals surface area contributed by atoms with E-state index in [9.17, 15) is 29.1 Å². The summed E-state index contributed by atoms with van der Waals surface area (Å²) in [5.74, 6) is -4.45. The molecule has 0 fully saturated rings. The Hall–Kier alpha value is -2.90. The molecule has 0 unspecified atom stereocenters. The molecule has 0 bridgehead atoms. The van der Waals surface area contributed by atoms with E-state index in [4.69, 9.17) is 10.2 Å². The van der Waals surface area contributed by atoms with Gasteiger partial charge in [0.15, 0.2) is 0 Å². The van der Waals surface area contributed by atoms with E-state index in [2.05, 4.69) is 33.2 Å². The van der Waals surface area contributed by atoms with Crippen molar-refractivity contribution in [3.05, 3.63) is 33.4 Å². The summed E-state index contributed by atoms with van der Waals surface area (Å²) >= 11 is 2.17. The van der Waals surface area contributed by atoms with E-state index in [0.717, 1.165) is 9.13 Å². The van der Waals surface area contributed by atoms with Gasteiger partial charge in [0.25, 0.3) is 0 Å². The van der Waals surface area contributed by atoms with Crippen LogP contribution in [-0.4, -0.2) is 63.8 Å². The minimum absolute atomic E-state index is 0.0480. The number of carbonyl (C=O) groups is 5. The monoisotopic (exact) mass is 549 g/mol. The van der Waals surface area contributed by atoms with Crippen LogP contribution in [-0.2, 0) is 25.6 Å². The molecule has 0 aliphatic carbocycles. The Morgan fingerprint density at radius 1 is 0.871 bits per heavy atom. The molecule has 0 aliphatic heterocycles. The zero-order chi connectivity index (χ0) is 23.4. The number of nitrogens with one attached hydrogen (secondary N) is 3. The Balaban J connectivity index is 2.36. The fraction of sp³-hybridized carbons (Fsp3) is 0.421. The van der Waals surface area contributed by atoms with Gasteiger partial charge in [-0.2, -0.15) is 0 Å². The number of carboxylic acid groups (broad SMARTS) is 3. The molecule has 3 amide bonds. The zero-order valence-electron chi connectivity index (χ0n) is 16.5. The molecule has 1 aromatic rings. The minimum Gasteiger partial charge on any atom is -0.481 e. The third kappa shape index (κ3) is 11.2. The van der Waals surface area contributed by atoms with Crippen LogP contribution in [0.4, 0.5) is 4.79 Å². The quantitative estimate of drug-likeness (QED) is 0.154. The third-order valence-corrected chi connectivity index (χ3v) is 4.82. The summed E-state index contributed by atoms with van der Waals surface area (Å²) in [6.45, 7) is 0.335. The highest BCUT2D eigenvalue weighted by molar-refractivity contribution is 14.1. The average molecular weight is 549 g/mol. The van der Waals surface area contributed by atoms with Crippen LogP contribution in [0.2, 0.25) is 0 Å². The number of rotatable bonds is 13. The van der Waals surface area contributed by atoms with Crippen molar-refractivity contribution in [1.29, 1.82) is 0 Å². The fourth-order valence-corrected chi connectivity index (χ4v) is 2.90. The van der Waals surface area contributed by atoms with Gasteiger partial charge >= 0.3 is 23.9 Å². The Labute approximate surface area is 191 Å². The summed E-state index contributed by atoms with van der Waals surface area (Å²) in [6.07, 6.45) is 0.285. The van der Waals surface area contributed by atoms with Crippen LogP contribution >= 0.6 is 22.6 Å². The highest BCUT2D eigenvalue weighted by Gasteiger charge is 2.25. The largest absolute Gasteiger partial charge is 0.481 e. The van der Waals surface area contributed by atoms with E-state index in [1.807, 2.05) is 29.6 Å². The minimum atomic E-state index is -1.68. The lowest BCUT2D eigenvalue weighted by Gasteiger charge is -2.17. The lowest BCUT2D eigenvalue weighted by molar-refractivity contribution is -0.145. The van der Waals surface area contributed by atoms with E-state index in [1.165, 1.54) is 0 Å². The number of carboxylic acids is 3. The zero-order valence-corrected chi connectivity index (χ0v) is 18.6. The van der Waals surface area contributed by atoms with Gasteiger partial charge in [-0.25, -0.2) is 14.4 Å². The summed E-state index contributed by atoms with van der Waals surface area (Å²) in [5.41, 5.74) is 0.877. The van der Waals surface area contributed by atoms with Crippen LogP contribution in [0.1, 0.15) is 31.2 Å². The average Bonchev–Trinajstić information content (AvgIpc) is 2.67. The molecule has 1 rings (SSSR count). The van der Waals surface area contributed by atoms with Crippen molar-refractivity contribution in [2.75, 3.05) is 6.54 Å². The van der Waals surface area contributed by atoms with Crippen LogP contribution < -0.4 is 16.0 Å². The fourth-order valence-electron chi connectivity index (χ4n) is 2.54. The molecule has 0 radical (unpaired) electrons. The molecule has 1 aromatic carbocycles. The van der Waals surface area contributed by atoms with Crippen LogP contribution in [0.3, 0.4) is 0 Å². The van der Waals surface area contributed by atoms with Crippen molar-refractivity contribution in [2.45, 2.75) is 44.2 Å². The van der Waals surface area contributed by atoms with Gasteiger partial charge in [-0.1, -0.05) is 12.1 Å². The van der Waals surface area contributed by atoms with Crippen molar-refractivity contribution in [3.8, 4) is 0 Å². The Morgan fingerprint density at radius 2 is 1.45 bits per heavy atom. The molecule has 0 saturated carbocycles. The molecule has 11 nitrogen and oxygen atoms in total. The normalized spacial score (nSPS) is 12.3. The summed E-state index contributed by atoms with van der Waals surface area (Å²) in [6, 6.07) is 3.46. The van der Waals surface area contributed by atoms with Gasteiger partial charge in [0.05, 0.1) is 12.8 Å². The highest BCUT2D eigenvalue weighted by Crippen LogP contribution is 2.07. The summed E-state index contributed by atoms with van der Waals surface area (Å²) in [7, 11) is 0. The second-order valence-electron chi connectivity index (χ2n) is 6.65. The van der Waals surface area contributed by atoms with Crippen LogP contribution in [0.5, 0.6) is 0 Å². The van der Waals surface area contributed by atoms with Gasteiger partial charge in [-0.15, -0.1) is 0 Å². The van der Waals surface area contributed by atoms with E-state index in [1.54, 1.807) is 0 Å². The molecule has 0 aliphatic rings. The van der Waals surface area contributed by atoms with Crippen molar-refractivity contribution >= 4 is 52.4 Å². The number of amides is 3. The summed E-state index contributed by atoms with van der Waals surface area (Å²) < 4.78 is 1.07. The molecular weight excluding hydrogens is 525 g/mol. The summed E-state index contributed by atoms with van der Waals surface area (Å²) in [4.78, 5) is 56.7. The van der Waals surface area contributed by atoms with Crippen molar-refractivity contribution < 1.29 is 39.3 Å². The van der Waals surface area contributed by atoms with Crippen LogP contribution in [0, 0.1) is 3.57 Å². The lowest BCUT2D eigenvalue weighted by Crippen LogP contribution is -2.51. The topological polar surface area (TPSA) is 182 Å². The highest BCUT2D eigenvalue weighted by atomic mass is 127. The second-order valence-corrected chi connectivity index (χ2v) is 7.89. The number of hydrogen-bond acceptors (Lipinski definition) is 5. The standard InChI is InChI=1S/C19H24IN3O8/c20-12-6-4-11(5-7-12)9-15(24)21-8-2-1-3-13(17(27)28)22-19(31)23-14(18(29)30)10-16(25)26/h4-7,13-14H,1-3,8-10H2,(H,21,24)(H,25,26)(H,27,28)(H,29,30)(H2,22,23,31)/t13-,14-/m0/s1. The van der Waals surface area contributed by atoms with Crippen molar-refractivity contribution in [3.63, 3.8) is 0 Å². The molecule has 0 spiro atoms. The number of unbranched alkanes of at least 4 members (excludes halogenated alkanes) is 1. The SMILES string of the molecule is O=C(O)C[C@H](NC(=O)N[C@@H](CCCCNC(=O)Cc1ccc(I)cc1)C(=O)O)C(=O)O. The number of carbonyl (C=O) groups excluding carboxylic acids is 2. The second kappa shape index (κ2) is 13.4. The van der Waals surface area contributed by atoms with Gasteiger partial charge < -0.3 is 31.3 Å². The number of hydrogen-bond donors (Lipinski definition) is 6. The van der Waals surface area contributed by atoms with Gasteiger partial charge in [0, 0.05) is 10.1 Å². The van der Waals surface area contributed by atoms with Crippen molar-refractivity contribution in [2.24, 2.45) is 0 Å². The first-order valence-corrected chi connectivity index (χ1v) is 10.4. The van der Waals surface area contributed by atoms with E-state index >= 15 is 0 Å². The molecule has 12 heteroatoms. The smallest absolute Gasteiger partial charge is 0.326 e. The lowest BCUT2D eigenvalue weighted by atomic mass is 10.1. The number of aliphatic carboxylic acids is 3. The van der Waals surface area contributed by atoms with Gasteiger partial charge in [0.2, 0.25) is 5.91 Å². The molecule has 0 saturated heterocycles. The van der Waals surface area contributed by atoms with Crippen LogP contribution in [0.15, 0.2) is 24.3 Å². The predicted molar refractivity (Wildman–Crippen MR) is 116 cm³/mol. The molecule has 2 atom stereocenters. The van der Waals surface area contributed by atoms with Gasteiger partial charge in [-0.05, 0) is 59.5 Å². The van der Waals surface area contributed by atoms with Gasteiger partial charge in [-0.3, -0.25) is 9.59 Å². The number of benzene rings is 1. The molecule has 0 aromatic heterocycles. The Morgan fingerprint density at radius 3 is 2.00 bits per heavy atom. The molecule has 0 heterocycles. The first kappa shape index (κ1) is 26.1. The Bertz CT molecular complexity index is 800. The third-order valence-electron chi connectivity index (χ3n) is 4.11.